The second kappa shape index (κ2) is 3.75. The molecular weight excluding hydrogens is 148 g/mol. The van der Waals surface area contributed by atoms with Crippen LogP contribution in [-0.4, -0.2) is 31.1 Å². The molecule has 3 aliphatic rings. The number of nitrogens with two attached hydrogens (primary N) is 1. The van der Waals surface area contributed by atoms with E-state index in [1.807, 2.05) is 0 Å². The van der Waals surface area contributed by atoms with Gasteiger partial charge in [-0.15, -0.1) is 0 Å². The quantitative estimate of drug-likeness (QED) is 0.683. The molecule has 2 bridgehead atoms. The Bertz CT molecular complexity index is 139. The average molecular weight is 168 g/mol. The third kappa shape index (κ3) is 1.64. The fraction of sp³-hybridized carbons (Fsp3) is 1.00. The van der Waals surface area contributed by atoms with Gasteiger partial charge in [-0.1, -0.05) is 0 Å². The van der Waals surface area contributed by atoms with E-state index in [9.17, 15) is 0 Å². The molecule has 0 aromatic carbocycles. The molecule has 1 unspecified atom stereocenters. The van der Waals surface area contributed by atoms with E-state index in [1.165, 1.54) is 45.3 Å². The highest BCUT2D eigenvalue weighted by Crippen LogP contribution is 2.34. The molecule has 0 spiro atoms. The van der Waals surface area contributed by atoms with Crippen molar-refractivity contribution < 1.29 is 0 Å². The molecule has 2 N–H and O–H groups in total. The van der Waals surface area contributed by atoms with E-state index in [1.54, 1.807) is 0 Å². The SMILES string of the molecule is NCCCC1CN2CCC1CC2. The maximum atomic E-state index is 5.53. The van der Waals surface area contributed by atoms with Gasteiger partial charge < -0.3 is 10.6 Å². The minimum Gasteiger partial charge on any atom is -0.330 e. The Morgan fingerprint density at radius 2 is 2.00 bits per heavy atom. The first-order valence-electron chi connectivity index (χ1n) is 5.32. The van der Waals surface area contributed by atoms with E-state index in [0.717, 1.165) is 18.4 Å². The molecule has 1 atom stereocenters. The third-order valence-electron chi connectivity index (χ3n) is 3.57. The molecule has 2 nitrogen and oxygen atoms in total. The summed E-state index contributed by atoms with van der Waals surface area (Å²) in [7, 11) is 0. The lowest BCUT2D eigenvalue weighted by Crippen LogP contribution is -2.47. The zero-order valence-corrected chi connectivity index (χ0v) is 7.84. The Hall–Kier alpha value is -0.0800. The number of hydrogen-bond acceptors (Lipinski definition) is 2. The minimum atomic E-state index is 0.878. The number of fused-ring (bicyclic) bond motifs is 3. The summed E-state index contributed by atoms with van der Waals surface area (Å²) in [5.41, 5.74) is 5.53. The maximum Gasteiger partial charge on any atom is 0.00123 e. The van der Waals surface area contributed by atoms with Crippen LogP contribution in [0, 0.1) is 11.8 Å². The first-order valence-corrected chi connectivity index (χ1v) is 5.32. The van der Waals surface area contributed by atoms with Crippen LogP contribution in [0.1, 0.15) is 25.7 Å². The van der Waals surface area contributed by atoms with Crippen molar-refractivity contribution in [2.75, 3.05) is 26.2 Å². The normalized spacial score (nSPS) is 40.2. The molecule has 70 valence electrons. The summed E-state index contributed by atoms with van der Waals surface area (Å²) < 4.78 is 0. The fourth-order valence-electron chi connectivity index (χ4n) is 2.79. The highest BCUT2D eigenvalue weighted by Gasteiger charge is 2.33. The van der Waals surface area contributed by atoms with Crippen LogP contribution in [0.15, 0.2) is 0 Å². The molecule has 0 aromatic rings. The zero-order chi connectivity index (χ0) is 8.39. The van der Waals surface area contributed by atoms with Crippen LogP contribution in [-0.2, 0) is 0 Å². The lowest BCUT2D eigenvalue weighted by Gasteiger charge is -2.45. The minimum absolute atomic E-state index is 0.878. The monoisotopic (exact) mass is 168 g/mol. The van der Waals surface area contributed by atoms with Gasteiger partial charge in [-0.25, -0.2) is 0 Å². The Morgan fingerprint density at radius 1 is 1.25 bits per heavy atom. The largest absolute Gasteiger partial charge is 0.330 e. The molecule has 0 aliphatic carbocycles. The third-order valence-corrected chi connectivity index (χ3v) is 3.57. The molecule has 0 amide bonds. The van der Waals surface area contributed by atoms with Gasteiger partial charge in [-0.2, -0.15) is 0 Å². The summed E-state index contributed by atoms with van der Waals surface area (Å²) in [5, 5.41) is 0. The highest BCUT2D eigenvalue weighted by molar-refractivity contribution is 4.86. The van der Waals surface area contributed by atoms with E-state index < -0.39 is 0 Å². The van der Waals surface area contributed by atoms with E-state index in [-0.39, 0.29) is 0 Å². The Labute approximate surface area is 75.1 Å². The lowest BCUT2D eigenvalue weighted by molar-refractivity contribution is 0.0461. The topological polar surface area (TPSA) is 29.3 Å². The van der Waals surface area contributed by atoms with Crippen LogP contribution < -0.4 is 5.73 Å². The summed E-state index contributed by atoms with van der Waals surface area (Å²) in [6, 6.07) is 0. The van der Waals surface area contributed by atoms with Crippen LogP contribution in [0.3, 0.4) is 0 Å². The maximum absolute atomic E-state index is 5.53. The highest BCUT2D eigenvalue weighted by atomic mass is 15.1. The number of piperidine rings is 3. The average Bonchev–Trinajstić information content (AvgIpc) is 2.17. The molecule has 3 rings (SSSR count). The van der Waals surface area contributed by atoms with Crippen molar-refractivity contribution in [3.8, 4) is 0 Å². The van der Waals surface area contributed by atoms with E-state index in [2.05, 4.69) is 4.90 Å². The van der Waals surface area contributed by atoms with Crippen molar-refractivity contribution in [3.63, 3.8) is 0 Å². The second-order valence-corrected chi connectivity index (χ2v) is 4.33. The van der Waals surface area contributed by atoms with Gasteiger partial charge in [-0.05, 0) is 57.2 Å². The Morgan fingerprint density at radius 3 is 2.50 bits per heavy atom. The van der Waals surface area contributed by atoms with Crippen molar-refractivity contribution in [1.29, 1.82) is 0 Å². The summed E-state index contributed by atoms with van der Waals surface area (Å²) in [6.45, 7) is 4.97. The van der Waals surface area contributed by atoms with Gasteiger partial charge in [0.15, 0.2) is 0 Å². The van der Waals surface area contributed by atoms with Gasteiger partial charge >= 0.3 is 0 Å². The standard InChI is InChI=1S/C10H20N2/c11-5-1-2-10-8-12-6-3-9(10)4-7-12/h9-10H,1-8,11H2. The van der Waals surface area contributed by atoms with Crippen molar-refractivity contribution in [1.82, 2.24) is 4.90 Å². The molecular formula is C10H20N2. The van der Waals surface area contributed by atoms with E-state index >= 15 is 0 Å². The molecule has 3 aliphatic heterocycles. The second-order valence-electron chi connectivity index (χ2n) is 4.33. The van der Waals surface area contributed by atoms with Gasteiger partial charge in [0.1, 0.15) is 0 Å². The Kier molecular flexibility index (Phi) is 2.66. The predicted molar refractivity (Wildman–Crippen MR) is 50.9 cm³/mol. The summed E-state index contributed by atoms with van der Waals surface area (Å²) >= 11 is 0. The molecule has 0 saturated carbocycles. The summed E-state index contributed by atoms with van der Waals surface area (Å²) in [5.74, 6) is 2.03. The van der Waals surface area contributed by atoms with Gasteiger partial charge in [0, 0.05) is 6.54 Å². The zero-order valence-electron chi connectivity index (χ0n) is 7.84. The van der Waals surface area contributed by atoms with Crippen LogP contribution in [0.4, 0.5) is 0 Å². The Balaban J connectivity index is 1.82. The van der Waals surface area contributed by atoms with Crippen molar-refractivity contribution in [3.05, 3.63) is 0 Å². The van der Waals surface area contributed by atoms with E-state index in [0.29, 0.717) is 0 Å². The van der Waals surface area contributed by atoms with Crippen LogP contribution in [0.5, 0.6) is 0 Å². The first-order chi connectivity index (χ1) is 5.90. The predicted octanol–water partition coefficient (Wildman–Crippen LogP) is 1.07. The lowest BCUT2D eigenvalue weighted by atomic mass is 9.77. The molecule has 2 heteroatoms. The molecule has 3 saturated heterocycles. The van der Waals surface area contributed by atoms with Crippen LogP contribution >= 0.6 is 0 Å². The number of hydrogen-bond donors (Lipinski definition) is 1. The van der Waals surface area contributed by atoms with Gasteiger partial charge in [-0.3, -0.25) is 0 Å². The van der Waals surface area contributed by atoms with Gasteiger partial charge in [0.25, 0.3) is 0 Å². The molecule has 0 aromatic heterocycles. The molecule has 3 heterocycles. The molecule has 3 fully saturated rings. The van der Waals surface area contributed by atoms with Crippen molar-refractivity contribution in [2.45, 2.75) is 25.7 Å². The van der Waals surface area contributed by atoms with Gasteiger partial charge in [0.05, 0.1) is 0 Å². The molecule has 0 radical (unpaired) electrons. The van der Waals surface area contributed by atoms with Crippen LogP contribution in [0.25, 0.3) is 0 Å². The first kappa shape index (κ1) is 8.52. The van der Waals surface area contributed by atoms with E-state index in [4.69, 9.17) is 5.73 Å². The molecule has 12 heavy (non-hydrogen) atoms. The summed E-state index contributed by atoms with van der Waals surface area (Å²) in [4.78, 5) is 2.63. The fourth-order valence-corrected chi connectivity index (χ4v) is 2.79. The van der Waals surface area contributed by atoms with Gasteiger partial charge in [0.2, 0.25) is 0 Å². The van der Waals surface area contributed by atoms with Crippen molar-refractivity contribution in [2.24, 2.45) is 17.6 Å². The smallest absolute Gasteiger partial charge is 0.00123 e. The van der Waals surface area contributed by atoms with Crippen molar-refractivity contribution >= 4 is 0 Å². The van der Waals surface area contributed by atoms with Crippen LogP contribution in [0.2, 0.25) is 0 Å². The number of rotatable bonds is 3. The number of nitrogens with zero attached hydrogens (tertiary/aromatic N) is 1. The summed E-state index contributed by atoms with van der Waals surface area (Å²) in [6.07, 6.45) is 5.51.